The van der Waals surface area contributed by atoms with E-state index >= 15 is 0 Å². The predicted molar refractivity (Wildman–Crippen MR) is 107 cm³/mol. The number of ether oxygens (including phenoxy) is 2. The zero-order chi connectivity index (χ0) is 21.0. The molecule has 0 aliphatic carbocycles. The molecule has 0 saturated carbocycles. The first-order chi connectivity index (χ1) is 13.1. The number of pyridine rings is 1. The highest BCUT2D eigenvalue weighted by Gasteiger charge is 2.27. The van der Waals surface area contributed by atoms with Crippen LogP contribution in [0.4, 0.5) is 4.79 Å². The van der Waals surface area contributed by atoms with Crippen molar-refractivity contribution in [3.63, 3.8) is 0 Å². The molecule has 2 rings (SSSR count). The Kier molecular flexibility index (Phi) is 6.78. The number of nitrogens with zero attached hydrogens (tertiary/aromatic N) is 2. The van der Waals surface area contributed by atoms with Crippen LogP contribution in [0.5, 0.6) is 11.6 Å². The van der Waals surface area contributed by atoms with Gasteiger partial charge in [0.25, 0.3) is 5.91 Å². The Labute approximate surface area is 166 Å². The van der Waals surface area contributed by atoms with Gasteiger partial charge in [0.1, 0.15) is 12.8 Å². The number of amides is 1. The summed E-state index contributed by atoms with van der Waals surface area (Å²) in [5.41, 5.74) is 2.16. The SMILES string of the molecule is CC(C)c1cccc(C(C)C)c1OC(=O)Oc1c(C(=O)N(C)C)ccc[n+]1C. The van der Waals surface area contributed by atoms with Gasteiger partial charge in [-0.3, -0.25) is 4.79 Å². The lowest BCUT2D eigenvalue weighted by Gasteiger charge is -2.18. The molecular formula is C22H29N2O4+. The third kappa shape index (κ3) is 4.68. The summed E-state index contributed by atoms with van der Waals surface area (Å²) in [6, 6.07) is 9.20. The maximum absolute atomic E-state index is 12.6. The average Bonchev–Trinajstić information content (AvgIpc) is 2.62. The Morgan fingerprint density at radius 1 is 0.929 bits per heavy atom. The largest absolute Gasteiger partial charge is 0.523 e. The van der Waals surface area contributed by atoms with Crippen molar-refractivity contribution in [3.05, 3.63) is 53.2 Å². The van der Waals surface area contributed by atoms with Crippen LogP contribution in [0.15, 0.2) is 36.5 Å². The topological polar surface area (TPSA) is 59.7 Å². The van der Waals surface area contributed by atoms with Gasteiger partial charge in [-0.05, 0) is 29.0 Å². The fourth-order valence-electron chi connectivity index (χ4n) is 2.91. The molecule has 6 nitrogen and oxygen atoms in total. The molecule has 0 aliphatic heterocycles. The number of aromatic nitrogens is 1. The van der Waals surface area contributed by atoms with E-state index in [-0.39, 0.29) is 29.2 Å². The lowest BCUT2D eigenvalue weighted by atomic mass is 9.94. The Balaban J connectivity index is 2.38. The molecule has 0 fully saturated rings. The van der Waals surface area contributed by atoms with Crippen LogP contribution in [0, 0.1) is 0 Å². The minimum atomic E-state index is -0.871. The maximum Gasteiger partial charge on any atom is 0.523 e. The van der Waals surface area contributed by atoms with Crippen molar-refractivity contribution in [2.24, 2.45) is 7.05 Å². The van der Waals surface area contributed by atoms with E-state index in [2.05, 4.69) is 0 Å². The van der Waals surface area contributed by atoms with Crippen LogP contribution < -0.4 is 14.0 Å². The van der Waals surface area contributed by atoms with Gasteiger partial charge in [0.05, 0.1) is 0 Å². The Morgan fingerprint density at radius 3 is 2.00 bits per heavy atom. The van der Waals surface area contributed by atoms with Gasteiger partial charge in [0.15, 0.2) is 11.8 Å². The average molecular weight is 385 g/mol. The molecule has 2 aromatic rings. The van der Waals surface area contributed by atoms with Gasteiger partial charge in [-0.15, -0.1) is 0 Å². The van der Waals surface area contributed by atoms with E-state index in [0.29, 0.717) is 5.75 Å². The molecule has 0 radical (unpaired) electrons. The fourth-order valence-corrected chi connectivity index (χ4v) is 2.91. The van der Waals surface area contributed by atoms with Gasteiger partial charge in [-0.1, -0.05) is 45.9 Å². The van der Waals surface area contributed by atoms with Crippen LogP contribution in [-0.4, -0.2) is 31.1 Å². The Bertz CT molecular complexity index is 847. The number of hydrogen-bond donors (Lipinski definition) is 0. The van der Waals surface area contributed by atoms with Crippen molar-refractivity contribution in [1.29, 1.82) is 0 Å². The molecular weight excluding hydrogens is 356 g/mol. The molecule has 1 amide bonds. The van der Waals surface area contributed by atoms with E-state index < -0.39 is 6.16 Å². The van der Waals surface area contributed by atoms with Gasteiger partial charge in [-0.25, -0.2) is 4.79 Å². The van der Waals surface area contributed by atoms with Gasteiger partial charge in [-0.2, -0.15) is 4.57 Å². The standard InChI is InChI=1S/C22H29N2O4/c1-14(2)16-10-8-11-17(15(3)4)19(16)27-22(26)28-21-18(20(25)23(5)6)12-9-13-24(21)7/h8-15H,1-7H3/q+1. The fraction of sp³-hybridized carbons (Fsp3) is 0.409. The number of aryl methyl sites for hydroxylation is 1. The lowest BCUT2D eigenvalue weighted by Crippen LogP contribution is -2.36. The number of rotatable bonds is 5. The molecule has 6 heteroatoms. The number of carbonyl (C=O) groups is 2. The Morgan fingerprint density at radius 2 is 1.50 bits per heavy atom. The van der Waals surface area contributed by atoms with Crippen LogP contribution >= 0.6 is 0 Å². The van der Waals surface area contributed by atoms with E-state index in [9.17, 15) is 9.59 Å². The van der Waals surface area contributed by atoms with Crippen molar-refractivity contribution in [2.75, 3.05) is 14.1 Å². The summed E-state index contributed by atoms with van der Waals surface area (Å²) in [6.07, 6.45) is 0.834. The van der Waals surface area contributed by atoms with Crippen LogP contribution in [0.2, 0.25) is 0 Å². The van der Waals surface area contributed by atoms with Crippen LogP contribution in [0.3, 0.4) is 0 Å². The van der Waals surface area contributed by atoms with E-state index in [4.69, 9.17) is 9.47 Å². The van der Waals surface area contributed by atoms with E-state index in [1.807, 2.05) is 45.9 Å². The van der Waals surface area contributed by atoms with Crippen LogP contribution in [0.25, 0.3) is 0 Å². The predicted octanol–water partition coefficient (Wildman–Crippen LogP) is 4.04. The lowest BCUT2D eigenvalue weighted by molar-refractivity contribution is -0.675. The third-order valence-corrected chi connectivity index (χ3v) is 4.45. The number of para-hydroxylation sites is 1. The molecule has 0 unspecified atom stereocenters. The monoisotopic (exact) mass is 385 g/mol. The van der Waals surface area contributed by atoms with Gasteiger partial charge < -0.3 is 14.4 Å². The molecule has 150 valence electrons. The first-order valence-electron chi connectivity index (χ1n) is 9.36. The van der Waals surface area contributed by atoms with Crippen LogP contribution in [-0.2, 0) is 7.05 Å². The zero-order valence-corrected chi connectivity index (χ0v) is 17.6. The minimum absolute atomic E-state index is 0.138. The van der Waals surface area contributed by atoms with Crippen molar-refractivity contribution < 1.29 is 23.6 Å². The van der Waals surface area contributed by atoms with E-state index in [1.165, 1.54) is 4.90 Å². The number of hydrogen-bond acceptors (Lipinski definition) is 4. The first kappa shape index (κ1) is 21.4. The highest BCUT2D eigenvalue weighted by Crippen LogP contribution is 2.34. The first-order valence-corrected chi connectivity index (χ1v) is 9.36. The Hall–Kier alpha value is -2.89. The zero-order valence-electron chi connectivity index (χ0n) is 17.6. The third-order valence-electron chi connectivity index (χ3n) is 4.45. The van der Waals surface area contributed by atoms with Gasteiger partial charge in [0, 0.05) is 20.2 Å². The summed E-state index contributed by atoms with van der Waals surface area (Å²) in [5.74, 6) is 0.765. The summed E-state index contributed by atoms with van der Waals surface area (Å²) in [5, 5.41) is 0. The normalized spacial score (nSPS) is 10.9. The molecule has 0 N–H and O–H groups in total. The van der Waals surface area contributed by atoms with Gasteiger partial charge >= 0.3 is 12.0 Å². The van der Waals surface area contributed by atoms with Crippen molar-refractivity contribution >= 4 is 12.1 Å². The second kappa shape index (κ2) is 8.87. The van der Waals surface area contributed by atoms with Crippen LogP contribution in [0.1, 0.15) is 61.0 Å². The second-order valence-corrected chi connectivity index (χ2v) is 7.57. The van der Waals surface area contributed by atoms with Crippen molar-refractivity contribution in [2.45, 2.75) is 39.5 Å². The summed E-state index contributed by atoms with van der Waals surface area (Å²) < 4.78 is 12.7. The molecule has 0 aliphatic rings. The molecule has 0 bridgehead atoms. The van der Waals surface area contributed by atoms with Crippen molar-refractivity contribution in [3.8, 4) is 11.6 Å². The minimum Gasteiger partial charge on any atom is -0.394 e. The van der Waals surface area contributed by atoms with E-state index in [0.717, 1.165) is 11.1 Å². The second-order valence-electron chi connectivity index (χ2n) is 7.57. The molecule has 0 spiro atoms. The summed E-state index contributed by atoms with van der Waals surface area (Å²) in [6.45, 7) is 8.18. The number of benzene rings is 1. The number of carbonyl (C=O) groups excluding carboxylic acids is 2. The molecule has 0 saturated heterocycles. The summed E-state index contributed by atoms with van der Waals surface area (Å²) in [7, 11) is 4.99. The molecule has 28 heavy (non-hydrogen) atoms. The van der Waals surface area contributed by atoms with Gasteiger partial charge in [0.2, 0.25) is 0 Å². The highest BCUT2D eigenvalue weighted by molar-refractivity contribution is 5.96. The molecule has 1 aromatic carbocycles. The summed E-state index contributed by atoms with van der Waals surface area (Å²) in [4.78, 5) is 26.5. The van der Waals surface area contributed by atoms with E-state index in [1.54, 1.807) is 44.0 Å². The van der Waals surface area contributed by atoms with Crippen molar-refractivity contribution in [1.82, 2.24) is 4.90 Å². The smallest absolute Gasteiger partial charge is 0.394 e. The molecule has 1 aromatic heterocycles. The maximum atomic E-state index is 12.6. The highest BCUT2D eigenvalue weighted by atomic mass is 16.7. The summed E-state index contributed by atoms with van der Waals surface area (Å²) >= 11 is 0. The molecule has 1 heterocycles. The quantitative estimate of drug-likeness (QED) is 0.443. The molecule has 0 atom stereocenters.